The Bertz CT molecular complexity index is 1190. The van der Waals surface area contributed by atoms with E-state index in [1.54, 1.807) is 6.07 Å². The predicted octanol–water partition coefficient (Wildman–Crippen LogP) is 2.66. The number of β-amino-alcohol motifs (C(OH)–C–C–N with tert-alkyl or cyclic N) is 1. The van der Waals surface area contributed by atoms with Crippen LogP contribution in [-0.4, -0.2) is 54.3 Å². The molecule has 0 saturated carbocycles. The molecular formula is C21H20FN3O5S. The van der Waals surface area contributed by atoms with Gasteiger partial charge in [-0.05, 0) is 18.6 Å². The standard InChI is InChI=1S/C21H20FN3O5S/c1-4-14-5-8-19(18(9-14)24-3)31(28,29)25-11-20(21(27,12-25)13-26)30-15-6-7-17(23-2)16(22)10-15/h5-10,20,26-27H,4,11-13H2,1H3/t20-,21+/m0/s1. The number of hydrogen-bond donors (Lipinski definition) is 2. The molecule has 1 saturated heterocycles. The molecule has 1 heterocycles. The van der Waals surface area contributed by atoms with Gasteiger partial charge in [-0.2, -0.15) is 4.31 Å². The van der Waals surface area contributed by atoms with Crippen molar-refractivity contribution >= 4 is 21.4 Å². The van der Waals surface area contributed by atoms with Crippen molar-refractivity contribution in [2.24, 2.45) is 0 Å². The number of halogens is 1. The van der Waals surface area contributed by atoms with E-state index in [0.29, 0.717) is 6.42 Å². The first-order valence-corrected chi connectivity index (χ1v) is 10.8. The maximum absolute atomic E-state index is 13.9. The van der Waals surface area contributed by atoms with E-state index in [9.17, 15) is 23.0 Å². The molecule has 162 valence electrons. The van der Waals surface area contributed by atoms with Crippen molar-refractivity contribution in [1.29, 1.82) is 0 Å². The summed E-state index contributed by atoms with van der Waals surface area (Å²) in [7, 11) is -4.18. The van der Waals surface area contributed by atoms with Crippen LogP contribution in [0.4, 0.5) is 15.8 Å². The molecule has 31 heavy (non-hydrogen) atoms. The van der Waals surface area contributed by atoms with Gasteiger partial charge in [0.05, 0.1) is 31.2 Å². The van der Waals surface area contributed by atoms with Crippen LogP contribution in [0.15, 0.2) is 41.3 Å². The van der Waals surface area contributed by atoms with Crippen LogP contribution in [0.3, 0.4) is 0 Å². The molecule has 0 unspecified atom stereocenters. The molecule has 0 aromatic heterocycles. The van der Waals surface area contributed by atoms with E-state index in [4.69, 9.17) is 17.9 Å². The van der Waals surface area contributed by atoms with Gasteiger partial charge in [0.2, 0.25) is 21.4 Å². The summed E-state index contributed by atoms with van der Waals surface area (Å²) in [5.41, 5.74) is -1.37. The number of rotatable bonds is 6. The summed E-state index contributed by atoms with van der Waals surface area (Å²) in [5.74, 6) is -0.838. The number of aliphatic hydroxyl groups excluding tert-OH is 1. The Kier molecular flexibility index (Phi) is 6.30. The SMILES string of the molecule is [C-]#[N+]c1ccc(O[C@H]2CN(S(=O)(=O)c3ccc(CC)cc3[N+]#[C-])C[C@@]2(O)CO)cc1F. The molecule has 1 fully saturated rings. The van der Waals surface area contributed by atoms with Crippen molar-refractivity contribution in [1.82, 2.24) is 4.31 Å². The quantitative estimate of drug-likeness (QED) is 0.667. The summed E-state index contributed by atoms with van der Waals surface area (Å²) in [6.07, 6.45) is -0.563. The zero-order valence-corrected chi connectivity index (χ0v) is 17.4. The predicted molar refractivity (Wildman–Crippen MR) is 110 cm³/mol. The van der Waals surface area contributed by atoms with E-state index >= 15 is 0 Å². The van der Waals surface area contributed by atoms with Crippen molar-refractivity contribution in [2.75, 3.05) is 19.7 Å². The maximum atomic E-state index is 13.9. The van der Waals surface area contributed by atoms with Gasteiger partial charge in [0, 0.05) is 12.6 Å². The highest BCUT2D eigenvalue weighted by Gasteiger charge is 2.51. The van der Waals surface area contributed by atoms with Crippen LogP contribution < -0.4 is 4.74 Å². The monoisotopic (exact) mass is 445 g/mol. The zero-order chi connectivity index (χ0) is 22.8. The van der Waals surface area contributed by atoms with Crippen molar-refractivity contribution < 1.29 is 27.8 Å². The van der Waals surface area contributed by atoms with Crippen molar-refractivity contribution in [2.45, 2.75) is 29.9 Å². The fraction of sp³-hybridized carbons (Fsp3) is 0.333. The molecule has 1 aliphatic rings. The van der Waals surface area contributed by atoms with Crippen molar-refractivity contribution in [3.8, 4) is 5.75 Å². The normalized spacial score (nSPS) is 21.4. The molecule has 0 amide bonds. The second-order valence-electron chi connectivity index (χ2n) is 7.16. The van der Waals surface area contributed by atoms with Crippen LogP contribution in [0, 0.1) is 19.0 Å². The number of ether oxygens (including phenoxy) is 1. The van der Waals surface area contributed by atoms with E-state index < -0.39 is 40.7 Å². The summed E-state index contributed by atoms with van der Waals surface area (Å²) in [6.45, 7) is 14.5. The third kappa shape index (κ3) is 4.24. The molecule has 2 aromatic carbocycles. The molecule has 0 spiro atoms. The number of nitrogens with zero attached hydrogens (tertiary/aromatic N) is 3. The lowest BCUT2D eigenvalue weighted by atomic mass is 10.0. The first-order valence-electron chi connectivity index (χ1n) is 9.36. The van der Waals surface area contributed by atoms with Crippen molar-refractivity contribution in [3.05, 3.63) is 70.6 Å². The van der Waals surface area contributed by atoms with Gasteiger partial charge in [0.15, 0.2) is 0 Å². The molecule has 2 aromatic rings. The van der Waals surface area contributed by atoms with Gasteiger partial charge >= 0.3 is 0 Å². The highest BCUT2D eigenvalue weighted by atomic mass is 32.2. The van der Waals surface area contributed by atoms with Gasteiger partial charge in [0.25, 0.3) is 0 Å². The fourth-order valence-corrected chi connectivity index (χ4v) is 4.96. The number of aryl methyl sites for hydroxylation is 1. The van der Waals surface area contributed by atoms with Gasteiger partial charge in [-0.1, -0.05) is 30.7 Å². The topological polar surface area (TPSA) is 95.8 Å². The van der Waals surface area contributed by atoms with Gasteiger partial charge in [-0.3, -0.25) is 0 Å². The second-order valence-corrected chi connectivity index (χ2v) is 9.06. The largest absolute Gasteiger partial charge is 0.486 e. The smallest absolute Gasteiger partial charge is 0.233 e. The van der Waals surface area contributed by atoms with Crippen LogP contribution in [0.1, 0.15) is 12.5 Å². The van der Waals surface area contributed by atoms with E-state index in [1.807, 2.05) is 6.92 Å². The van der Waals surface area contributed by atoms with E-state index in [1.165, 1.54) is 24.3 Å². The highest BCUT2D eigenvalue weighted by molar-refractivity contribution is 7.89. The molecule has 8 nitrogen and oxygen atoms in total. The molecule has 0 radical (unpaired) electrons. The minimum absolute atomic E-state index is 0.0184. The molecule has 3 rings (SSSR count). The van der Waals surface area contributed by atoms with Crippen LogP contribution in [-0.2, 0) is 16.4 Å². The first kappa shape index (κ1) is 22.7. The Labute approximate surface area is 179 Å². The lowest BCUT2D eigenvalue weighted by Crippen LogP contribution is -2.48. The highest BCUT2D eigenvalue weighted by Crippen LogP contribution is 2.35. The summed E-state index contributed by atoms with van der Waals surface area (Å²) >= 11 is 0. The summed E-state index contributed by atoms with van der Waals surface area (Å²) in [5, 5.41) is 20.5. The van der Waals surface area contributed by atoms with Crippen LogP contribution in [0.5, 0.6) is 5.75 Å². The van der Waals surface area contributed by atoms with E-state index in [2.05, 4.69) is 9.69 Å². The van der Waals surface area contributed by atoms with Gasteiger partial charge in [-0.15, -0.1) is 0 Å². The molecule has 2 atom stereocenters. The number of aliphatic hydroxyl groups is 2. The Morgan fingerprint density at radius 3 is 2.52 bits per heavy atom. The van der Waals surface area contributed by atoms with Gasteiger partial charge in [0.1, 0.15) is 23.3 Å². The van der Waals surface area contributed by atoms with Gasteiger partial charge in [-0.25, -0.2) is 22.5 Å². The summed E-state index contributed by atoms with van der Waals surface area (Å²) in [6, 6.07) is 7.97. The number of benzene rings is 2. The summed E-state index contributed by atoms with van der Waals surface area (Å²) in [4.78, 5) is 6.13. The first-order chi connectivity index (χ1) is 14.7. The Balaban J connectivity index is 1.92. The number of hydrogen-bond acceptors (Lipinski definition) is 5. The molecule has 2 N–H and O–H groups in total. The molecule has 1 aliphatic heterocycles. The second kappa shape index (κ2) is 8.61. The Hall–Kier alpha value is -3.02. The lowest BCUT2D eigenvalue weighted by Gasteiger charge is -2.27. The number of sulfonamides is 1. The Morgan fingerprint density at radius 2 is 1.94 bits per heavy atom. The lowest BCUT2D eigenvalue weighted by molar-refractivity contribution is -0.0641. The van der Waals surface area contributed by atoms with E-state index in [0.717, 1.165) is 15.9 Å². The van der Waals surface area contributed by atoms with E-state index in [-0.39, 0.29) is 28.6 Å². The summed E-state index contributed by atoms with van der Waals surface area (Å²) < 4.78 is 46.8. The molecular weight excluding hydrogens is 425 g/mol. The zero-order valence-electron chi connectivity index (χ0n) is 16.6. The fourth-order valence-electron chi connectivity index (χ4n) is 3.35. The molecule has 0 bridgehead atoms. The average molecular weight is 445 g/mol. The molecule has 10 heteroatoms. The third-order valence-corrected chi connectivity index (χ3v) is 7.04. The molecule has 0 aliphatic carbocycles. The minimum Gasteiger partial charge on any atom is -0.486 e. The minimum atomic E-state index is -4.18. The average Bonchev–Trinajstić information content (AvgIpc) is 3.11. The van der Waals surface area contributed by atoms with Gasteiger partial charge < -0.3 is 14.9 Å². The Morgan fingerprint density at radius 1 is 1.23 bits per heavy atom. The maximum Gasteiger partial charge on any atom is 0.233 e. The van der Waals surface area contributed by atoms with Crippen LogP contribution >= 0.6 is 0 Å². The third-order valence-electron chi connectivity index (χ3n) is 5.18. The van der Waals surface area contributed by atoms with Crippen LogP contribution in [0.2, 0.25) is 0 Å². The van der Waals surface area contributed by atoms with Crippen molar-refractivity contribution in [3.63, 3.8) is 0 Å². The van der Waals surface area contributed by atoms with Crippen LogP contribution in [0.25, 0.3) is 9.69 Å².